The van der Waals surface area contributed by atoms with Gasteiger partial charge in [0.25, 0.3) is 0 Å². The highest BCUT2D eigenvalue weighted by Crippen LogP contribution is 2.18. The minimum Gasteiger partial charge on any atom is -0.391 e. The third kappa shape index (κ3) is 3.02. The van der Waals surface area contributed by atoms with Crippen LogP contribution in [0.5, 0.6) is 0 Å². The molecule has 0 amide bonds. The van der Waals surface area contributed by atoms with Crippen LogP contribution in [0.15, 0.2) is 0 Å². The molecule has 0 spiro atoms. The van der Waals surface area contributed by atoms with E-state index in [4.69, 9.17) is 17.0 Å². The van der Waals surface area contributed by atoms with Crippen molar-refractivity contribution in [2.24, 2.45) is 0 Å². The van der Waals surface area contributed by atoms with Crippen LogP contribution < -0.4 is 10.6 Å². The minimum absolute atomic E-state index is 0.176. The molecule has 5 N–H and O–H groups in total. The van der Waals surface area contributed by atoms with Crippen molar-refractivity contribution in [3.8, 4) is 0 Å². The Bertz CT molecular complexity index is 252. The maximum Gasteiger partial charge on any atom is 0.166 e. The standard InChI is InChI=1S/C9H18N2O4S/c1-4(12)8-7(14)6(13)5(3-15-8)11-9(16)10-2/h4-8,12-14H,3H2,1-2H3,(H2,10,11,16). The lowest BCUT2D eigenvalue weighted by Gasteiger charge is -2.39. The monoisotopic (exact) mass is 250 g/mol. The molecule has 1 fully saturated rings. The maximum atomic E-state index is 9.81. The average Bonchev–Trinajstić information content (AvgIpc) is 2.24. The van der Waals surface area contributed by atoms with Crippen molar-refractivity contribution in [2.75, 3.05) is 13.7 Å². The largest absolute Gasteiger partial charge is 0.391 e. The summed E-state index contributed by atoms with van der Waals surface area (Å²) in [5.41, 5.74) is 0. The topological polar surface area (TPSA) is 94.0 Å². The summed E-state index contributed by atoms with van der Waals surface area (Å²) in [5, 5.41) is 34.7. The molecule has 1 aliphatic heterocycles. The molecule has 0 radical (unpaired) electrons. The Morgan fingerprint density at radius 2 is 2.06 bits per heavy atom. The first-order chi connectivity index (χ1) is 7.47. The molecule has 0 aromatic heterocycles. The fraction of sp³-hybridized carbons (Fsp3) is 0.889. The zero-order valence-electron chi connectivity index (χ0n) is 9.25. The van der Waals surface area contributed by atoms with Gasteiger partial charge in [0, 0.05) is 7.05 Å². The molecule has 1 saturated heterocycles. The van der Waals surface area contributed by atoms with Crippen molar-refractivity contribution in [1.82, 2.24) is 10.6 Å². The van der Waals surface area contributed by atoms with Crippen LogP contribution in [0.25, 0.3) is 0 Å². The first kappa shape index (κ1) is 13.6. The highest BCUT2D eigenvalue weighted by Gasteiger charge is 2.40. The zero-order valence-corrected chi connectivity index (χ0v) is 10.1. The van der Waals surface area contributed by atoms with Gasteiger partial charge in [0.2, 0.25) is 0 Å². The second kappa shape index (κ2) is 5.74. The fourth-order valence-electron chi connectivity index (χ4n) is 1.64. The van der Waals surface area contributed by atoms with Gasteiger partial charge in [-0.2, -0.15) is 0 Å². The van der Waals surface area contributed by atoms with Gasteiger partial charge < -0.3 is 30.7 Å². The van der Waals surface area contributed by atoms with Crippen molar-refractivity contribution in [2.45, 2.75) is 37.4 Å². The molecule has 16 heavy (non-hydrogen) atoms. The molecular formula is C9H18N2O4S. The lowest BCUT2D eigenvalue weighted by Crippen LogP contribution is -2.62. The molecule has 6 nitrogen and oxygen atoms in total. The smallest absolute Gasteiger partial charge is 0.166 e. The summed E-state index contributed by atoms with van der Waals surface area (Å²) in [7, 11) is 1.65. The average molecular weight is 250 g/mol. The number of hydrogen-bond donors (Lipinski definition) is 5. The molecule has 0 aromatic rings. The van der Waals surface area contributed by atoms with Crippen molar-refractivity contribution >= 4 is 17.3 Å². The Morgan fingerprint density at radius 1 is 1.44 bits per heavy atom. The number of nitrogens with one attached hydrogen (secondary N) is 2. The van der Waals surface area contributed by atoms with Crippen molar-refractivity contribution < 1.29 is 20.1 Å². The molecule has 94 valence electrons. The summed E-state index contributed by atoms with van der Waals surface area (Å²) in [6, 6.07) is -0.482. The van der Waals surface area contributed by atoms with Gasteiger partial charge in [-0.25, -0.2) is 0 Å². The molecule has 0 aliphatic carbocycles. The van der Waals surface area contributed by atoms with Crippen LogP contribution in [0.3, 0.4) is 0 Å². The van der Waals surface area contributed by atoms with Gasteiger partial charge >= 0.3 is 0 Å². The van der Waals surface area contributed by atoms with Crippen LogP contribution in [0.2, 0.25) is 0 Å². The summed E-state index contributed by atoms with van der Waals surface area (Å²) < 4.78 is 5.27. The molecule has 1 aliphatic rings. The molecular weight excluding hydrogens is 232 g/mol. The van der Waals surface area contributed by atoms with Crippen LogP contribution in [-0.4, -0.2) is 64.5 Å². The van der Waals surface area contributed by atoms with Crippen molar-refractivity contribution in [3.05, 3.63) is 0 Å². The summed E-state index contributed by atoms with van der Waals surface area (Å²) in [5.74, 6) is 0. The number of hydrogen-bond acceptors (Lipinski definition) is 5. The Labute approximate surface area is 99.6 Å². The van der Waals surface area contributed by atoms with E-state index in [2.05, 4.69) is 10.6 Å². The van der Waals surface area contributed by atoms with E-state index in [-0.39, 0.29) is 6.61 Å². The van der Waals surface area contributed by atoms with Gasteiger partial charge in [-0.1, -0.05) is 0 Å². The highest BCUT2D eigenvalue weighted by molar-refractivity contribution is 7.80. The first-order valence-electron chi connectivity index (χ1n) is 5.11. The summed E-state index contributed by atoms with van der Waals surface area (Å²) in [6.45, 7) is 1.68. The zero-order chi connectivity index (χ0) is 12.3. The number of aliphatic hydroxyl groups is 3. The fourth-order valence-corrected chi connectivity index (χ4v) is 1.79. The van der Waals surface area contributed by atoms with Crippen LogP contribution in [-0.2, 0) is 4.74 Å². The molecule has 0 bridgehead atoms. The number of rotatable bonds is 2. The van der Waals surface area contributed by atoms with Gasteiger partial charge in [-0.3, -0.25) is 0 Å². The normalized spacial score (nSPS) is 36.6. The summed E-state index contributed by atoms with van der Waals surface area (Å²) in [6.07, 6.45) is -3.76. The lowest BCUT2D eigenvalue weighted by molar-refractivity contribution is -0.176. The van der Waals surface area contributed by atoms with E-state index in [1.54, 1.807) is 7.05 Å². The Kier molecular flexibility index (Phi) is 4.88. The van der Waals surface area contributed by atoms with E-state index in [0.29, 0.717) is 5.11 Å². The first-order valence-corrected chi connectivity index (χ1v) is 5.52. The van der Waals surface area contributed by atoms with Crippen LogP contribution in [0.1, 0.15) is 6.92 Å². The van der Waals surface area contributed by atoms with E-state index >= 15 is 0 Å². The molecule has 0 saturated carbocycles. The Hall–Kier alpha value is -0.470. The quantitative estimate of drug-likeness (QED) is 0.360. The Balaban J connectivity index is 2.57. The Morgan fingerprint density at radius 3 is 2.56 bits per heavy atom. The van der Waals surface area contributed by atoms with Crippen molar-refractivity contribution in [1.29, 1.82) is 0 Å². The van der Waals surface area contributed by atoms with Gasteiger partial charge in [0.05, 0.1) is 18.8 Å². The molecule has 7 heteroatoms. The van der Waals surface area contributed by atoms with Crippen LogP contribution in [0.4, 0.5) is 0 Å². The van der Waals surface area contributed by atoms with Gasteiger partial charge in [-0.05, 0) is 19.1 Å². The van der Waals surface area contributed by atoms with Gasteiger partial charge in [0.15, 0.2) is 5.11 Å². The molecule has 0 aromatic carbocycles. The van der Waals surface area contributed by atoms with Gasteiger partial charge in [0.1, 0.15) is 18.3 Å². The van der Waals surface area contributed by atoms with Crippen molar-refractivity contribution in [3.63, 3.8) is 0 Å². The highest BCUT2D eigenvalue weighted by atomic mass is 32.1. The summed E-state index contributed by atoms with van der Waals surface area (Å²) in [4.78, 5) is 0. The van der Waals surface area contributed by atoms with E-state index in [9.17, 15) is 15.3 Å². The SMILES string of the molecule is CNC(=S)NC1COC(C(C)O)C(O)C1O. The third-order valence-electron chi connectivity index (χ3n) is 2.59. The maximum absolute atomic E-state index is 9.81. The number of thiocarbonyl (C=S) groups is 1. The molecule has 1 rings (SSSR count). The third-order valence-corrected chi connectivity index (χ3v) is 2.91. The predicted octanol–water partition coefficient (Wildman–Crippen LogP) is -2.05. The molecule has 5 atom stereocenters. The molecule has 5 unspecified atom stereocenters. The van der Waals surface area contributed by atoms with Gasteiger partial charge in [-0.15, -0.1) is 0 Å². The lowest BCUT2D eigenvalue weighted by atomic mass is 9.95. The number of ether oxygens (including phenoxy) is 1. The van der Waals surface area contributed by atoms with E-state index < -0.39 is 30.5 Å². The van der Waals surface area contributed by atoms with E-state index in [0.717, 1.165) is 0 Å². The minimum atomic E-state index is -1.13. The van der Waals surface area contributed by atoms with Crippen LogP contribution in [0, 0.1) is 0 Å². The second-order valence-electron chi connectivity index (χ2n) is 3.85. The predicted molar refractivity (Wildman–Crippen MR) is 62.0 cm³/mol. The van der Waals surface area contributed by atoms with Crippen LogP contribution >= 0.6 is 12.2 Å². The summed E-state index contributed by atoms with van der Waals surface area (Å²) >= 11 is 4.89. The number of aliphatic hydroxyl groups excluding tert-OH is 3. The molecule has 1 heterocycles. The second-order valence-corrected chi connectivity index (χ2v) is 4.26. The van der Waals surface area contributed by atoms with E-state index in [1.165, 1.54) is 6.92 Å². The van der Waals surface area contributed by atoms with E-state index in [1.807, 2.05) is 0 Å².